The molecule has 5 nitrogen and oxygen atoms in total. The molecule has 0 aromatic heterocycles. The van der Waals surface area contributed by atoms with Crippen molar-refractivity contribution in [2.24, 2.45) is 17.8 Å². The molecule has 0 heterocycles. The molecule has 0 aliphatic heterocycles. The lowest BCUT2D eigenvalue weighted by atomic mass is 9.53. The first-order valence-corrected chi connectivity index (χ1v) is 10.2. The second kappa shape index (κ2) is 5.63. The Kier molecular flexibility index (Phi) is 3.80. The second-order valence-corrected chi connectivity index (χ2v) is 9.50. The average Bonchev–Trinajstić information content (AvgIpc) is 2.51. The SMILES string of the molecule is COc1ccc(S(=O)(=O)NC23CC4CC(CC(C4)C2)C3)cc1OC. The van der Waals surface area contributed by atoms with Crippen LogP contribution < -0.4 is 14.2 Å². The van der Waals surface area contributed by atoms with Crippen molar-refractivity contribution >= 4 is 10.0 Å². The van der Waals surface area contributed by atoms with E-state index in [-0.39, 0.29) is 10.4 Å². The molecule has 0 spiro atoms. The third kappa shape index (κ3) is 2.69. The molecule has 132 valence electrons. The first kappa shape index (κ1) is 16.2. The lowest BCUT2D eigenvalue weighted by molar-refractivity contribution is -0.00810. The third-order valence-corrected chi connectivity index (χ3v) is 7.63. The van der Waals surface area contributed by atoms with Crippen molar-refractivity contribution in [3.63, 3.8) is 0 Å². The van der Waals surface area contributed by atoms with Gasteiger partial charge in [0.05, 0.1) is 19.1 Å². The van der Waals surface area contributed by atoms with Gasteiger partial charge in [-0.2, -0.15) is 0 Å². The Hall–Kier alpha value is -1.27. The molecule has 0 saturated heterocycles. The third-order valence-electron chi connectivity index (χ3n) is 6.05. The van der Waals surface area contributed by atoms with Crippen LogP contribution in [0, 0.1) is 17.8 Å². The molecule has 4 aliphatic carbocycles. The van der Waals surface area contributed by atoms with Crippen LogP contribution in [0.4, 0.5) is 0 Å². The fraction of sp³-hybridized carbons (Fsp3) is 0.667. The largest absolute Gasteiger partial charge is 0.493 e. The summed E-state index contributed by atoms with van der Waals surface area (Å²) in [4.78, 5) is 0.246. The summed E-state index contributed by atoms with van der Waals surface area (Å²) in [7, 11) is -0.510. The van der Waals surface area contributed by atoms with E-state index in [1.165, 1.54) is 26.4 Å². The average molecular weight is 351 g/mol. The van der Waals surface area contributed by atoms with E-state index in [1.807, 2.05) is 0 Å². The molecule has 6 heteroatoms. The van der Waals surface area contributed by atoms with Gasteiger partial charge in [0.15, 0.2) is 11.5 Å². The molecule has 0 unspecified atom stereocenters. The predicted octanol–water partition coefficient (Wildman–Crippen LogP) is 2.95. The topological polar surface area (TPSA) is 64.6 Å². The molecule has 4 saturated carbocycles. The number of hydrogen-bond donors (Lipinski definition) is 1. The number of benzene rings is 1. The van der Waals surface area contributed by atoms with Gasteiger partial charge in [0.25, 0.3) is 0 Å². The zero-order valence-corrected chi connectivity index (χ0v) is 15.1. The molecule has 0 amide bonds. The summed E-state index contributed by atoms with van der Waals surface area (Å²) in [5, 5.41) is 0. The van der Waals surface area contributed by atoms with Crippen molar-refractivity contribution in [1.29, 1.82) is 0 Å². The van der Waals surface area contributed by atoms with Crippen LogP contribution in [0.25, 0.3) is 0 Å². The molecular weight excluding hydrogens is 326 g/mol. The van der Waals surface area contributed by atoms with E-state index in [2.05, 4.69) is 4.72 Å². The number of sulfonamides is 1. The van der Waals surface area contributed by atoms with Gasteiger partial charge in [-0.15, -0.1) is 0 Å². The standard InChI is InChI=1S/C18H25NO4S/c1-22-16-4-3-15(8-17(16)23-2)24(20,21)19-18-9-12-5-13(10-18)7-14(6-12)11-18/h3-4,8,12-14,19H,5-7,9-11H2,1-2H3. The Labute approximate surface area is 143 Å². The maximum atomic E-state index is 13.0. The summed E-state index contributed by atoms with van der Waals surface area (Å²) >= 11 is 0. The summed E-state index contributed by atoms with van der Waals surface area (Å²) in [6.45, 7) is 0. The van der Waals surface area contributed by atoms with Crippen LogP contribution in [-0.2, 0) is 10.0 Å². The van der Waals surface area contributed by atoms with Gasteiger partial charge < -0.3 is 9.47 Å². The number of ether oxygens (including phenoxy) is 2. The lowest BCUT2D eigenvalue weighted by Gasteiger charge is -2.56. The highest BCUT2D eigenvalue weighted by molar-refractivity contribution is 7.89. The van der Waals surface area contributed by atoms with E-state index in [1.54, 1.807) is 25.3 Å². The van der Waals surface area contributed by atoms with E-state index in [9.17, 15) is 8.42 Å². The number of rotatable bonds is 5. The van der Waals surface area contributed by atoms with Gasteiger partial charge in [-0.05, 0) is 68.4 Å². The van der Waals surface area contributed by atoms with Crippen molar-refractivity contribution in [2.45, 2.75) is 49.0 Å². The molecule has 0 radical (unpaired) electrons. The van der Waals surface area contributed by atoms with Gasteiger partial charge in [-0.1, -0.05) is 0 Å². The zero-order valence-electron chi connectivity index (χ0n) is 14.2. The minimum absolute atomic E-state index is 0.235. The summed E-state index contributed by atoms with van der Waals surface area (Å²) in [5.41, 5.74) is -0.235. The maximum absolute atomic E-state index is 13.0. The monoisotopic (exact) mass is 351 g/mol. The number of methoxy groups -OCH3 is 2. The molecule has 4 aliphatic rings. The first-order valence-electron chi connectivity index (χ1n) is 8.69. The van der Waals surface area contributed by atoms with E-state index in [0.717, 1.165) is 19.3 Å². The minimum Gasteiger partial charge on any atom is -0.493 e. The van der Waals surface area contributed by atoms with Crippen LogP contribution in [-0.4, -0.2) is 28.2 Å². The normalized spacial score (nSPS) is 34.3. The van der Waals surface area contributed by atoms with E-state index in [4.69, 9.17) is 9.47 Å². The molecule has 1 N–H and O–H groups in total. The Balaban J connectivity index is 1.62. The van der Waals surface area contributed by atoms with E-state index >= 15 is 0 Å². The Morgan fingerprint density at radius 2 is 1.50 bits per heavy atom. The molecular formula is C18H25NO4S. The smallest absolute Gasteiger partial charge is 0.241 e. The van der Waals surface area contributed by atoms with Gasteiger partial charge in [0.1, 0.15) is 0 Å². The van der Waals surface area contributed by atoms with Crippen LogP contribution in [0.3, 0.4) is 0 Å². The highest BCUT2D eigenvalue weighted by atomic mass is 32.2. The first-order chi connectivity index (χ1) is 11.4. The van der Waals surface area contributed by atoms with Crippen LogP contribution in [0.2, 0.25) is 0 Å². The van der Waals surface area contributed by atoms with Crippen LogP contribution in [0.5, 0.6) is 11.5 Å². The molecule has 4 bridgehead atoms. The van der Waals surface area contributed by atoms with Gasteiger partial charge >= 0.3 is 0 Å². The van der Waals surface area contributed by atoms with Crippen molar-refractivity contribution in [3.05, 3.63) is 18.2 Å². The molecule has 24 heavy (non-hydrogen) atoms. The summed E-state index contributed by atoms with van der Waals surface area (Å²) in [5.74, 6) is 3.07. The quantitative estimate of drug-likeness (QED) is 0.886. The van der Waals surface area contributed by atoms with Crippen molar-refractivity contribution in [1.82, 2.24) is 4.72 Å². The maximum Gasteiger partial charge on any atom is 0.241 e. The molecule has 1 aromatic carbocycles. The molecule has 0 atom stereocenters. The number of nitrogens with one attached hydrogen (secondary N) is 1. The Bertz CT molecular complexity index is 708. The van der Waals surface area contributed by atoms with Crippen LogP contribution in [0.1, 0.15) is 38.5 Å². The lowest BCUT2D eigenvalue weighted by Crippen LogP contribution is -2.59. The second-order valence-electron chi connectivity index (χ2n) is 7.82. The molecule has 4 fully saturated rings. The van der Waals surface area contributed by atoms with Crippen LogP contribution >= 0.6 is 0 Å². The minimum atomic E-state index is -3.57. The zero-order chi connectivity index (χ0) is 16.9. The Morgan fingerprint density at radius 3 is 2.00 bits per heavy atom. The number of hydrogen-bond acceptors (Lipinski definition) is 4. The summed E-state index contributed by atoms with van der Waals surface area (Å²) < 4.78 is 39.5. The molecule has 5 rings (SSSR count). The summed E-state index contributed by atoms with van der Waals surface area (Å²) in [6.07, 6.45) is 6.84. The fourth-order valence-electron chi connectivity index (χ4n) is 5.56. The van der Waals surface area contributed by atoms with Crippen molar-refractivity contribution in [2.75, 3.05) is 14.2 Å². The Morgan fingerprint density at radius 1 is 0.958 bits per heavy atom. The van der Waals surface area contributed by atoms with Crippen molar-refractivity contribution < 1.29 is 17.9 Å². The van der Waals surface area contributed by atoms with Gasteiger partial charge in [-0.3, -0.25) is 0 Å². The van der Waals surface area contributed by atoms with E-state index in [0.29, 0.717) is 29.3 Å². The van der Waals surface area contributed by atoms with E-state index < -0.39 is 10.0 Å². The summed E-state index contributed by atoms with van der Waals surface area (Å²) in [6, 6.07) is 4.78. The van der Waals surface area contributed by atoms with Gasteiger partial charge in [-0.25, -0.2) is 13.1 Å². The predicted molar refractivity (Wildman–Crippen MR) is 90.8 cm³/mol. The van der Waals surface area contributed by atoms with Gasteiger partial charge in [0, 0.05) is 11.6 Å². The molecule has 1 aromatic rings. The van der Waals surface area contributed by atoms with Crippen LogP contribution in [0.15, 0.2) is 23.1 Å². The van der Waals surface area contributed by atoms with Gasteiger partial charge in [0.2, 0.25) is 10.0 Å². The highest BCUT2D eigenvalue weighted by Gasteiger charge is 2.52. The fourth-order valence-corrected chi connectivity index (χ4v) is 7.01. The highest BCUT2D eigenvalue weighted by Crippen LogP contribution is 2.56. The van der Waals surface area contributed by atoms with Crippen molar-refractivity contribution in [3.8, 4) is 11.5 Å².